The second-order valence-corrected chi connectivity index (χ2v) is 5.41. The third-order valence-electron chi connectivity index (χ3n) is 2.12. The largest absolute Gasteiger partial charge is 0.316 e. The molecule has 0 spiro atoms. The zero-order valence-electron chi connectivity index (χ0n) is 10.6. The minimum Gasteiger partial charge on any atom is -0.316 e. The van der Waals surface area contributed by atoms with Crippen LogP contribution in [0, 0.1) is 0 Å². The molecule has 0 fully saturated rings. The van der Waals surface area contributed by atoms with Crippen molar-refractivity contribution in [2.45, 2.75) is 33.6 Å². The third-order valence-corrected chi connectivity index (χ3v) is 3.74. The van der Waals surface area contributed by atoms with Gasteiger partial charge >= 0.3 is 0 Å². The van der Waals surface area contributed by atoms with Crippen LogP contribution in [0.2, 0.25) is 0 Å². The molecular formula is C10H25N3O2S. The van der Waals surface area contributed by atoms with Crippen LogP contribution in [0.1, 0.15) is 33.6 Å². The first-order chi connectivity index (χ1) is 7.58. The van der Waals surface area contributed by atoms with E-state index in [1.807, 2.05) is 20.8 Å². The smallest absolute Gasteiger partial charge is 0.279 e. The average Bonchev–Trinajstić information content (AvgIpc) is 2.24. The van der Waals surface area contributed by atoms with Crippen LogP contribution >= 0.6 is 0 Å². The first-order valence-electron chi connectivity index (χ1n) is 6.03. The first kappa shape index (κ1) is 15.8. The van der Waals surface area contributed by atoms with Gasteiger partial charge in [-0.25, -0.2) is 4.72 Å². The minimum atomic E-state index is -3.28. The van der Waals surface area contributed by atoms with Crippen LogP contribution in [0.5, 0.6) is 0 Å². The Labute approximate surface area is 99.8 Å². The maximum absolute atomic E-state index is 11.9. The van der Waals surface area contributed by atoms with E-state index in [9.17, 15) is 8.42 Å². The normalized spacial score (nSPS) is 12.2. The molecule has 6 heteroatoms. The summed E-state index contributed by atoms with van der Waals surface area (Å²) in [6.45, 7) is 9.11. The van der Waals surface area contributed by atoms with Crippen molar-refractivity contribution in [3.63, 3.8) is 0 Å². The monoisotopic (exact) mass is 251 g/mol. The Balaban J connectivity index is 4.13. The van der Waals surface area contributed by atoms with Crippen molar-refractivity contribution in [1.29, 1.82) is 0 Å². The van der Waals surface area contributed by atoms with Gasteiger partial charge in [-0.05, 0) is 19.4 Å². The van der Waals surface area contributed by atoms with Crippen molar-refractivity contribution < 1.29 is 8.42 Å². The zero-order chi connectivity index (χ0) is 12.4. The van der Waals surface area contributed by atoms with Crippen LogP contribution in [-0.4, -0.2) is 45.4 Å². The van der Waals surface area contributed by atoms with Crippen LogP contribution in [0.4, 0.5) is 0 Å². The van der Waals surface area contributed by atoms with E-state index in [4.69, 9.17) is 0 Å². The number of rotatable bonds is 10. The minimum absolute atomic E-state index is 0.445. The topological polar surface area (TPSA) is 61.4 Å². The molecule has 0 aromatic rings. The number of nitrogens with zero attached hydrogens (tertiary/aromatic N) is 1. The van der Waals surface area contributed by atoms with E-state index < -0.39 is 10.2 Å². The fourth-order valence-electron chi connectivity index (χ4n) is 1.39. The maximum atomic E-state index is 11.9. The molecule has 0 aliphatic rings. The molecule has 0 aliphatic carbocycles. The van der Waals surface area contributed by atoms with E-state index >= 15 is 0 Å². The molecule has 0 amide bonds. The summed E-state index contributed by atoms with van der Waals surface area (Å²) >= 11 is 0. The van der Waals surface area contributed by atoms with Crippen LogP contribution in [-0.2, 0) is 10.2 Å². The summed E-state index contributed by atoms with van der Waals surface area (Å²) in [5.74, 6) is 0. The molecule has 2 N–H and O–H groups in total. The molecule has 0 atom stereocenters. The van der Waals surface area contributed by atoms with Gasteiger partial charge in [0, 0.05) is 26.2 Å². The SMILES string of the molecule is CCCN(CCC)S(=O)(=O)NCCNCC. The van der Waals surface area contributed by atoms with Gasteiger partial charge in [-0.15, -0.1) is 0 Å². The molecular weight excluding hydrogens is 226 g/mol. The van der Waals surface area contributed by atoms with Crippen molar-refractivity contribution >= 4 is 10.2 Å². The summed E-state index contributed by atoms with van der Waals surface area (Å²) in [6.07, 6.45) is 1.68. The highest BCUT2D eigenvalue weighted by Gasteiger charge is 2.18. The predicted octanol–water partition coefficient (Wildman–Crippen LogP) is 0.552. The van der Waals surface area contributed by atoms with Gasteiger partial charge in [-0.2, -0.15) is 12.7 Å². The molecule has 0 bridgehead atoms. The second-order valence-electron chi connectivity index (χ2n) is 3.65. The lowest BCUT2D eigenvalue weighted by Gasteiger charge is -2.21. The Kier molecular flexibility index (Phi) is 8.83. The Morgan fingerprint density at radius 1 is 1.00 bits per heavy atom. The summed E-state index contributed by atoms with van der Waals surface area (Å²) in [5.41, 5.74) is 0. The molecule has 0 radical (unpaired) electrons. The van der Waals surface area contributed by atoms with Gasteiger partial charge in [0.05, 0.1) is 0 Å². The standard InChI is InChI=1S/C10H25N3O2S/c1-4-9-13(10-5-2)16(14,15)12-8-7-11-6-3/h11-12H,4-10H2,1-3H3. The molecule has 0 aromatic heterocycles. The quantitative estimate of drug-likeness (QED) is 0.558. The van der Waals surface area contributed by atoms with Crippen molar-refractivity contribution in [3.05, 3.63) is 0 Å². The fraction of sp³-hybridized carbons (Fsp3) is 1.00. The van der Waals surface area contributed by atoms with Crippen LogP contribution in [0.3, 0.4) is 0 Å². The lowest BCUT2D eigenvalue weighted by atomic mass is 10.4. The predicted molar refractivity (Wildman–Crippen MR) is 67.6 cm³/mol. The highest BCUT2D eigenvalue weighted by atomic mass is 32.2. The molecule has 0 saturated carbocycles. The fourth-order valence-corrected chi connectivity index (χ4v) is 2.78. The summed E-state index contributed by atoms with van der Waals surface area (Å²) in [5, 5.41) is 3.08. The highest BCUT2D eigenvalue weighted by molar-refractivity contribution is 7.87. The Bertz CT molecular complexity index is 249. The molecule has 0 aromatic carbocycles. The molecule has 0 rings (SSSR count). The van der Waals surface area contributed by atoms with Crippen LogP contribution < -0.4 is 10.0 Å². The molecule has 16 heavy (non-hydrogen) atoms. The van der Waals surface area contributed by atoms with E-state index in [0.717, 1.165) is 19.4 Å². The molecule has 0 heterocycles. The highest BCUT2D eigenvalue weighted by Crippen LogP contribution is 2.00. The summed E-state index contributed by atoms with van der Waals surface area (Å²) in [6, 6.07) is 0. The number of nitrogens with one attached hydrogen (secondary N) is 2. The summed E-state index contributed by atoms with van der Waals surface area (Å²) in [7, 11) is -3.28. The molecule has 98 valence electrons. The Hall–Kier alpha value is -0.170. The molecule has 0 saturated heterocycles. The lowest BCUT2D eigenvalue weighted by Crippen LogP contribution is -2.43. The van der Waals surface area contributed by atoms with E-state index in [2.05, 4.69) is 10.0 Å². The van der Waals surface area contributed by atoms with Crippen LogP contribution in [0.15, 0.2) is 0 Å². The van der Waals surface area contributed by atoms with Gasteiger partial charge < -0.3 is 5.32 Å². The number of hydrogen-bond acceptors (Lipinski definition) is 3. The van der Waals surface area contributed by atoms with Crippen molar-refractivity contribution in [1.82, 2.24) is 14.3 Å². The number of likely N-dealkylation sites (N-methyl/N-ethyl adjacent to an activating group) is 1. The summed E-state index contributed by atoms with van der Waals surface area (Å²) < 4.78 is 27.8. The van der Waals surface area contributed by atoms with E-state index in [-0.39, 0.29) is 0 Å². The van der Waals surface area contributed by atoms with Gasteiger partial charge in [-0.1, -0.05) is 20.8 Å². The molecule has 5 nitrogen and oxygen atoms in total. The van der Waals surface area contributed by atoms with E-state index in [1.54, 1.807) is 0 Å². The maximum Gasteiger partial charge on any atom is 0.279 e. The average molecular weight is 251 g/mol. The first-order valence-corrected chi connectivity index (χ1v) is 7.47. The van der Waals surface area contributed by atoms with Crippen molar-refractivity contribution in [3.8, 4) is 0 Å². The van der Waals surface area contributed by atoms with Crippen LogP contribution in [0.25, 0.3) is 0 Å². The number of hydrogen-bond donors (Lipinski definition) is 2. The molecule has 0 unspecified atom stereocenters. The Morgan fingerprint density at radius 3 is 2.00 bits per heavy atom. The zero-order valence-corrected chi connectivity index (χ0v) is 11.4. The van der Waals surface area contributed by atoms with Gasteiger partial charge in [0.25, 0.3) is 10.2 Å². The van der Waals surface area contributed by atoms with E-state index in [1.165, 1.54) is 4.31 Å². The van der Waals surface area contributed by atoms with Crippen molar-refractivity contribution in [2.75, 3.05) is 32.7 Å². The lowest BCUT2D eigenvalue weighted by molar-refractivity contribution is 0.401. The van der Waals surface area contributed by atoms with Gasteiger partial charge in [-0.3, -0.25) is 0 Å². The summed E-state index contributed by atoms with van der Waals surface area (Å²) in [4.78, 5) is 0. The Morgan fingerprint density at radius 2 is 1.56 bits per heavy atom. The van der Waals surface area contributed by atoms with Gasteiger partial charge in [0.2, 0.25) is 0 Å². The van der Waals surface area contributed by atoms with Gasteiger partial charge in [0.15, 0.2) is 0 Å². The third kappa shape index (κ3) is 6.42. The van der Waals surface area contributed by atoms with Crippen molar-refractivity contribution in [2.24, 2.45) is 0 Å². The van der Waals surface area contributed by atoms with E-state index in [0.29, 0.717) is 26.2 Å². The molecule has 0 aliphatic heterocycles. The van der Waals surface area contributed by atoms with Gasteiger partial charge in [0.1, 0.15) is 0 Å². The second kappa shape index (κ2) is 8.92.